The van der Waals surface area contributed by atoms with Crippen LogP contribution in [0.15, 0.2) is 12.1 Å². The van der Waals surface area contributed by atoms with Crippen LogP contribution in [-0.2, 0) is 6.42 Å². The molecule has 2 rings (SSSR count). The first-order chi connectivity index (χ1) is 9.06. The maximum Gasteiger partial charge on any atom is 0.0438 e. The molecule has 1 aromatic rings. The molecule has 0 radical (unpaired) electrons. The van der Waals surface area contributed by atoms with Crippen molar-refractivity contribution in [2.45, 2.75) is 58.8 Å². The minimum Gasteiger partial charge on any atom is -0.330 e. The van der Waals surface area contributed by atoms with Crippen molar-refractivity contribution >= 4 is 11.6 Å². The summed E-state index contributed by atoms with van der Waals surface area (Å²) in [5.74, 6) is 0. The van der Waals surface area contributed by atoms with Crippen LogP contribution in [-0.4, -0.2) is 6.54 Å². The molecule has 1 aromatic carbocycles. The Balaban J connectivity index is 2.07. The van der Waals surface area contributed by atoms with Crippen LogP contribution >= 0.6 is 11.6 Å². The summed E-state index contributed by atoms with van der Waals surface area (Å²) in [6, 6.07) is 4.37. The second-order valence-electron chi connectivity index (χ2n) is 6.27. The summed E-state index contributed by atoms with van der Waals surface area (Å²) in [6.07, 6.45) is 9.16. The van der Waals surface area contributed by atoms with Crippen molar-refractivity contribution in [2.75, 3.05) is 6.54 Å². The molecule has 1 fully saturated rings. The largest absolute Gasteiger partial charge is 0.330 e. The van der Waals surface area contributed by atoms with Gasteiger partial charge in [-0.15, -0.1) is 0 Å². The molecule has 0 unspecified atom stereocenters. The normalized spacial score (nSPS) is 17.9. The number of hydrogen-bond acceptors (Lipinski definition) is 1. The SMILES string of the molecule is Cc1cc(CCC2(CCN)CCCC2)c(C)cc1Cl. The third kappa shape index (κ3) is 3.52. The van der Waals surface area contributed by atoms with Gasteiger partial charge in [0.1, 0.15) is 0 Å². The van der Waals surface area contributed by atoms with Crippen LogP contribution in [0.1, 0.15) is 55.2 Å². The molecule has 1 nitrogen and oxygen atoms in total. The van der Waals surface area contributed by atoms with Crippen molar-refractivity contribution in [3.8, 4) is 0 Å². The van der Waals surface area contributed by atoms with Crippen LogP contribution < -0.4 is 5.73 Å². The predicted octanol–water partition coefficient (Wildman–Crippen LogP) is 4.80. The zero-order chi connectivity index (χ0) is 13.9. The van der Waals surface area contributed by atoms with Crippen molar-refractivity contribution in [3.05, 3.63) is 33.8 Å². The van der Waals surface area contributed by atoms with Crippen molar-refractivity contribution in [1.29, 1.82) is 0 Å². The quantitative estimate of drug-likeness (QED) is 0.823. The van der Waals surface area contributed by atoms with Gasteiger partial charge >= 0.3 is 0 Å². The topological polar surface area (TPSA) is 26.0 Å². The number of hydrogen-bond donors (Lipinski definition) is 1. The van der Waals surface area contributed by atoms with Crippen LogP contribution in [0.4, 0.5) is 0 Å². The van der Waals surface area contributed by atoms with E-state index in [1.807, 2.05) is 0 Å². The Hall–Kier alpha value is -0.530. The van der Waals surface area contributed by atoms with E-state index in [9.17, 15) is 0 Å². The van der Waals surface area contributed by atoms with Gasteiger partial charge in [0.25, 0.3) is 0 Å². The Kier molecular flexibility index (Phi) is 4.92. The predicted molar refractivity (Wildman–Crippen MR) is 83.8 cm³/mol. The fraction of sp³-hybridized carbons (Fsp3) is 0.647. The maximum atomic E-state index is 6.17. The van der Waals surface area contributed by atoms with Gasteiger partial charge in [-0.1, -0.05) is 30.5 Å². The number of benzene rings is 1. The van der Waals surface area contributed by atoms with Gasteiger partial charge < -0.3 is 5.73 Å². The molecule has 106 valence electrons. The van der Waals surface area contributed by atoms with E-state index in [1.54, 1.807) is 0 Å². The van der Waals surface area contributed by atoms with E-state index in [4.69, 9.17) is 17.3 Å². The molecule has 0 heterocycles. The van der Waals surface area contributed by atoms with E-state index < -0.39 is 0 Å². The Morgan fingerprint density at radius 3 is 2.42 bits per heavy atom. The van der Waals surface area contributed by atoms with Gasteiger partial charge in [0.05, 0.1) is 0 Å². The molecule has 0 atom stereocenters. The monoisotopic (exact) mass is 279 g/mol. The Labute approximate surface area is 122 Å². The molecule has 0 saturated heterocycles. The highest BCUT2D eigenvalue weighted by Crippen LogP contribution is 2.44. The number of rotatable bonds is 5. The average molecular weight is 280 g/mol. The zero-order valence-electron chi connectivity index (χ0n) is 12.3. The van der Waals surface area contributed by atoms with Gasteiger partial charge in [0.2, 0.25) is 0 Å². The van der Waals surface area contributed by atoms with Crippen LogP contribution in [0.2, 0.25) is 5.02 Å². The Morgan fingerprint density at radius 1 is 1.11 bits per heavy atom. The highest BCUT2D eigenvalue weighted by molar-refractivity contribution is 6.31. The van der Waals surface area contributed by atoms with Crippen molar-refractivity contribution in [3.63, 3.8) is 0 Å². The van der Waals surface area contributed by atoms with E-state index in [0.29, 0.717) is 5.41 Å². The van der Waals surface area contributed by atoms with E-state index in [0.717, 1.165) is 11.6 Å². The van der Waals surface area contributed by atoms with E-state index in [-0.39, 0.29) is 0 Å². The summed E-state index contributed by atoms with van der Waals surface area (Å²) in [5, 5.41) is 0.888. The van der Waals surface area contributed by atoms with Gasteiger partial charge in [0, 0.05) is 5.02 Å². The molecule has 1 aliphatic carbocycles. The highest BCUT2D eigenvalue weighted by Gasteiger charge is 2.32. The lowest BCUT2D eigenvalue weighted by atomic mass is 9.77. The molecule has 0 aromatic heterocycles. The van der Waals surface area contributed by atoms with Gasteiger partial charge in [-0.3, -0.25) is 0 Å². The number of nitrogens with two attached hydrogens (primary N) is 1. The molecule has 0 bridgehead atoms. The maximum absolute atomic E-state index is 6.17. The first-order valence-corrected chi connectivity index (χ1v) is 7.90. The molecule has 1 aliphatic rings. The summed E-state index contributed by atoms with van der Waals surface area (Å²) in [4.78, 5) is 0. The summed E-state index contributed by atoms with van der Waals surface area (Å²) in [6.45, 7) is 5.10. The molecular formula is C17H26ClN. The molecule has 2 heteroatoms. The van der Waals surface area contributed by atoms with Crippen LogP contribution in [0.25, 0.3) is 0 Å². The van der Waals surface area contributed by atoms with Gasteiger partial charge in [-0.25, -0.2) is 0 Å². The van der Waals surface area contributed by atoms with E-state index in [1.165, 1.54) is 61.6 Å². The van der Waals surface area contributed by atoms with Crippen molar-refractivity contribution in [2.24, 2.45) is 11.1 Å². The number of halogens is 1. The van der Waals surface area contributed by atoms with Crippen LogP contribution in [0, 0.1) is 19.3 Å². The molecule has 0 aliphatic heterocycles. The minimum absolute atomic E-state index is 0.523. The third-order valence-corrected chi connectivity index (χ3v) is 5.29. The minimum atomic E-state index is 0.523. The van der Waals surface area contributed by atoms with Crippen LogP contribution in [0.5, 0.6) is 0 Å². The summed E-state index contributed by atoms with van der Waals surface area (Å²) in [7, 11) is 0. The molecule has 2 N–H and O–H groups in total. The van der Waals surface area contributed by atoms with Crippen molar-refractivity contribution in [1.82, 2.24) is 0 Å². The van der Waals surface area contributed by atoms with Crippen LogP contribution in [0.3, 0.4) is 0 Å². The standard InChI is InChI=1S/C17H26ClN/c1-13-12-16(18)14(2)11-15(13)5-8-17(9-10-19)6-3-4-7-17/h11-12H,3-10,19H2,1-2H3. The smallest absolute Gasteiger partial charge is 0.0438 e. The van der Waals surface area contributed by atoms with Crippen molar-refractivity contribution < 1.29 is 0 Å². The zero-order valence-corrected chi connectivity index (χ0v) is 13.0. The summed E-state index contributed by atoms with van der Waals surface area (Å²) < 4.78 is 0. The summed E-state index contributed by atoms with van der Waals surface area (Å²) in [5.41, 5.74) is 10.3. The van der Waals surface area contributed by atoms with Gasteiger partial charge in [0.15, 0.2) is 0 Å². The van der Waals surface area contributed by atoms with Gasteiger partial charge in [-0.2, -0.15) is 0 Å². The lowest BCUT2D eigenvalue weighted by Crippen LogP contribution is -2.22. The first-order valence-electron chi connectivity index (χ1n) is 7.52. The molecule has 0 spiro atoms. The second kappa shape index (κ2) is 6.28. The Bertz CT molecular complexity index is 433. The van der Waals surface area contributed by atoms with E-state index >= 15 is 0 Å². The molecule has 1 saturated carbocycles. The third-order valence-electron chi connectivity index (χ3n) is 4.88. The molecular weight excluding hydrogens is 254 g/mol. The second-order valence-corrected chi connectivity index (χ2v) is 6.68. The molecule has 0 amide bonds. The van der Waals surface area contributed by atoms with Gasteiger partial charge in [-0.05, 0) is 80.7 Å². The average Bonchev–Trinajstić information content (AvgIpc) is 2.82. The molecule has 19 heavy (non-hydrogen) atoms. The lowest BCUT2D eigenvalue weighted by Gasteiger charge is -2.29. The Morgan fingerprint density at radius 2 is 1.79 bits per heavy atom. The van der Waals surface area contributed by atoms with E-state index in [2.05, 4.69) is 26.0 Å². The summed E-state index contributed by atoms with van der Waals surface area (Å²) >= 11 is 6.17. The first kappa shape index (κ1) is 14.9. The fourth-order valence-electron chi connectivity index (χ4n) is 3.57. The lowest BCUT2D eigenvalue weighted by molar-refractivity contribution is 0.253. The highest BCUT2D eigenvalue weighted by atomic mass is 35.5. The number of aryl methyl sites for hydroxylation is 3. The fourth-order valence-corrected chi connectivity index (χ4v) is 3.78.